The molecule has 1 heterocycles. The van der Waals surface area contributed by atoms with Crippen molar-refractivity contribution in [2.75, 3.05) is 59.5 Å². The van der Waals surface area contributed by atoms with Crippen LogP contribution in [0.15, 0.2) is 4.99 Å². The molecular weight excluding hydrogens is 326 g/mol. The molecule has 2 N–H and O–H groups in total. The average molecular weight is 368 g/mol. The standard InChI is InChI=1S/C20H41N5O/c1-4-21-20(23-17-18(2)25-13-15-26-16-14-25)22-11-8-12-24(3)19-9-6-5-7-10-19/h18-19H,4-17H2,1-3H3,(H2,21,22,23). The van der Waals surface area contributed by atoms with Gasteiger partial charge in [-0.3, -0.25) is 9.89 Å². The van der Waals surface area contributed by atoms with Crippen LogP contribution in [0, 0.1) is 0 Å². The van der Waals surface area contributed by atoms with Crippen molar-refractivity contribution in [2.45, 2.75) is 64.5 Å². The second-order valence-electron chi connectivity index (χ2n) is 7.77. The fraction of sp³-hybridized carbons (Fsp3) is 0.950. The first-order chi connectivity index (χ1) is 12.7. The van der Waals surface area contributed by atoms with Gasteiger partial charge in [0.05, 0.1) is 19.8 Å². The Balaban J connectivity index is 1.65. The van der Waals surface area contributed by atoms with Gasteiger partial charge in [-0.25, -0.2) is 0 Å². The molecule has 0 bridgehead atoms. The minimum absolute atomic E-state index is 0.465. The van der Waals surface area contributed by atoms with Gasteiger partial charge in [-0.2, -0.15) is 0 Å². The quantitative estimate of drug-likeness (QED) is 0.370. The zero-order valence-corrected chi connectivity index (χ0v) is 17.3. The number of aliphatic imine (C=N–C) groups is 1. The lowest BCUT2D eigenvalue weighted by Gasteiger charge is -2.31. The fourth-order valence-corrected chi connectivity index (χ4v) is 3.94. The first-order valence-electron chi connectivity index (χ1n) is 10.7. The first kappa shape index (κ1) is 21.5. The molecule has 2 aliphatic rings. The molecule has 0 spiro atoms. The second-order valence-corrected chi connectivity index (χ2v) is 7.77. The molecule has 2 rings (SSSR count). The molecule has 1 unspecified atom stereocenters. The predicted molar refractivity (Wildman–Crippen MR) is 110 cm³/mol. The van der Waals surface area contributed by atoms with Crippen LogP contribution in [0.4, 0.5) is 0 Å². The van der Waals surface area contributed by atoms with Crippen LogP contribution in [0.25, 0.3) is 0 Å². The second kappa shape index (κ2) is 12.5. The Morgan fingerprint density at radius 1 is 1.19 bits per heavy atom. The molecule has 1 aliphatic heterocycles. The molecule has 0 radical (unpaired) electrons. The van der Waals surface area contributed by atoms with Crippen molar-refractivity contribution in [1.82, 2.24) is 20.4 Å². The third kappa shape index (κ3) is 7.80. The maximum Gasteiger partial charge on any atom is 0.191 e. The molecule has 152 valence electrons. The number of nitrogens with one attached hydrogen (secondary N) is 2. The van der Waals surface area contributed by atoms with Crippen molar-refractivity contribution < 1.29 is 4.74 Å². The molecule has 1 aliphatic carbocycles. The number of hydrogen-bond donors (Lipinski definition) is 2. The smallest absolute Gasteiger partial charge is 0.191 e. The Kier molecular flexibility index (Phi) is 10.3. The summed E-state index contributed by atoms with van der Waals surface area (Å²) in [6.07, 6.45) is 8.17. The molecule has 2 fully saturated rings. The van der Waals surface area contributed by atoms with Gasteiger partial charge in [0.2, 0.25) is 0 Å². The van der Waals surface area contributed by atoms with Crippen LogP contribution in [0.1, 0.15) is 52.4 Å². The van der Waals surface area contributed by atoms with Gasteiger partial charge in [0.15, 0.2) is 5.96 Å². The molecule has 0 amide bonds. The Bertz CT molecular complexity index is 392. The number of hydrogen-bond acceptors (Lipinski definition) is 4. The van der Waals surface area contributed by atoms with E-state index in [0.29, 0.717) is 6.04 Å². The maximum absolute atomic E-state index is 5.44. The van der Waals surface area contributed by atoms with Crippen LogP contribution in [-0.2, 0) is 4.74 Å². The van der Waals surface area contributed by atoms with Gasteiger partial charge in [-0.1, -0.05) is 19.3 Å². The monoisotopic (exact) mass is 367 g/mol. The van der Waals surface area contributed by atoms with Gasteiger partial charge < -0.3 is 20.3 Å². The zero-order valence-electron chi connectivity index (χ0n) is 17.3. The van der Waals surface area contributed by atoms with E-state index in [0.717, 1.165) is 64.4 Å². The number of guanidine groups is 1. The number of nitrogens with zero attached hydrogens (tertiary/aromatic N) is 3. The topological polar surface area (TPSA) is 52.1 Å². The van der Waals surface area contributed by atoms with Crippen LogP contribution in [0.5, 0.6) is 0 Å². The highest BCUT2D eigenvalue weighted by Gasteiger charge is 2.18. The van der Waals surface area contributed by atoms with Crippen molar-refractivity contribution in [2.24, 2.45) is 4.99 Å². The molecule has 26 heavy (non-hydrogen) atoms. The predicted octanol–water partition coefficient (Wildman–Crippen LogP) is 1.92. The summed E-state index contributed by atoms with van der Waals surface area (Å²) in [5.41, 5.74) is 0. The van der Waals surface area contributed by atoms with E-state index in [2.05, 4.69) is 41.3 Å². The van der Waals surface area contributed by atoms with Gasteiger partial charge in [0.25, 0.3) is 0 Å². The van der Waals surface area contributed by atoms with Crippen LogP contribution >= 0.6 is 0 Å². The summed E-state index contributed by atoms with van der Waals surface area (Å²) in [6, 6.07) is 1.27. The fourth-order valence-electron chi connectivity index (χ4n) is 3.94. The maximum atomic E-state index is 5.44. The van der Waals surface area contributed by atoms with E-state index in [1.165, 1.54) is 38.6 Å². The number of ether oxygens (including phenoxy) is 1. The van der Waals surface area contributed by atoms with Crippen molar-refractivity contribution in [3.63, 3.8) is 0 Å². The lowest BCUT2D eigenvalue weighted by molar-refractivity contribution is 0.0220. The van der Waals surface area contributed by atoms with Crippen molar-refractivity contribution in [1.29, 1.82) is 0 Å². The third-order valence-electron chi connectivity index (χ3n) is 5.70. The highest BCUT2D eigenvalue weighted by Crippen LogP contribution is 2.21. The molecule has 0 aromatic rings. The van der Waals surface area contributed by atoms with E-state index in [1.807, 2.05) is 0 Å². The van der Waals surface area contributed by atoms with E-state index >= 15 is 0 Å². The minimum Gasteiger partial charge on any atom is -0.379 e. The molecule has 6 nitrogen and oxygen atoms in total. The largest absolute Gasteiger partial charge is 0.379 e. The lowest BCUT2D eigenvalue weighted by atomic mass is 9.94. The van der Waals surface area contributed by atoms with Gasteiger partial charge >= 0.3 is 0 Å². The van der Waals surface area contributed by atoms with Crippen molar-refractivity contribution >= 4 is 5.96 Å². The molecule has 1 saturated heterocycles. The molecule has 0 aromatic heterocycles. The number of morpholine rings is 1. The normalized spacial score (nSPS) is 21.8. The zero-order chi connectivity index (χ0) is 18.6. The van der Waals surface area contributed by atoms with Crippen LogP contribution in [0.3, 0.4) is 0 Å². The Morgan fingerprint density at radius 2 is 1.92 bits per heavy atom. The summed E-state index contributed by atoms with van der Waals surface area (Å²) in [7, 11) is 2.29. The van der Waals surface area contributed by atoms with E-state index in [1.54, 1.807) is 0 Å². The Labute approximate surface area is 160 Å². The van der Waals surface area contributed by atoms with Gasteiger partial charge in [-0.05, 0) is 46.7 Å². The van der Waals surface area contributed by atoms with E-state index < -0.39 is 0 Å². The highest BCUT2D eigenvalue weighted by molar-refractivity contribution is 5.79. The van der Waals surface area contributed by atoms with Gasteiger partial charge in [-0.15, -0.1) is 0 Å². The minimum atomic E-state index is 0.465. The van der Waals surface area contributed by atoms with Crippen molar-refractivity contribution in [3.8, 4) is 0 Å². The first-order valence-corrected chi connectivity index (χ1v) is 10.7. The van der Waals surface area contributed by atoms with E-state index in [9.17, 15) is 0 Å². The lowest BCUT2D eigenvalue weighted by Crippen LogP contribution is -2.44. The van der Waals surface area contributed by atoms with E-state index in [4.69, 9.17) is 9.73 Å². The molecular formula is C20H41N5O. The molecule has 1 saturated carbocycles. The summed E-state index contributed by atoms with van der Waals surface area (Å²) < 4.78 is 5.44. The van der Waals surface area contributed by atoms with Gasteiger partial charge in [0, 0.05) is 38.3 Å². The summed E-state index contributed by atoms with van der Waals surface area (Å²) in [4.78, 5) is 9.82. The number of rotatable bonds is 9. The Hall–Kier alpha value is -0.850. The van der Waals surface area contributed by atoms with E-state index in [-0.39, 0.29) is 0 Å². The summed E-state index contributed by atoms with van der Waals surface area (Å²) in [6.45, 7) is 12.0. The SMILES string of the molecule is CCNC(=NCC(C)N1CCOCC1)NCCCN(C)C1CCCCC1. The Morgan fingerprint density at radius 3 is 2.62 bits per heavy atom. The van der Waals surface area contributed by atoms with Crippen LogP contribution < -0.4 is 10.6 Å². The van der Waals surface area contributed by atoms with Crippen LogP contribution in [-0.4, -0.2) is 87.4 Å². The highest BCUT2D eigenvalue weighted by atomic mass is 16.5. The third-order valence-corrected chi connectivity index (χ3v) is 5.70. The van der Waals surface area contributed by atoms with Crippen molar-refractivity contribution in [3.05, 3.63) is 0 Å². The average Bonchev–Trinajstić information content (AvgIpc) is 2.70. The summed E-state index contributed by atoms with van der Waals surface area (Å²) >= 11 is 0. The molecule has 6 heteroatoms. The summed E-state index contributed by atoms with van der Waals surface area (Å²) in [5.74, 6) is 0.952. The van der Waals surface area contributed by atoms with Crippen LogP contribution in [0.2, 0.25) is 0 Å². The van der Waals surface area contributed by atoms with Gasteiger partial charge in [0.1, 0.15) is 0 Å². The molecule has 1 atom stereocenters. The summed E-state index contributed by atoms with van der Waals surface area (Å²) in [5, 5.41) is 6.88. The molecule has 0 aromatic carbocycles.